The Morgan fingerprint density at radius 1 is 1.15 bits per heavy atom. The predicted molar refractivity (Wildman–Crippen MR) is 118 cm³/mol. The molecule has 0 aliphatic carbocycles. The molecular formula is C23H22N6O4. The highest BCUT2D eigenvalue weighted by molar-refractivity contribution is 6.05. The second-order valence-electron chi connectivity index (χ2n) is 7.76. The normalized spacial score (nSPS) is 17.1. The van der Waals surface area contributed by atoms with Crippen molar-refractivity contribution in [3.63, 3.8) is 0 Å². The van der Waals surface area contributed by atoms with E-state index < -0.39 is 18.0 Å². The Labute approximate surface area is 188 Å². The maximum Gasteiger partial charge on any atom is 0.273 e. The summed E-state index contributed by atoms with van der Waals surface area (Å²) in [4.78, 5) is 32.2. The van der Waals surface area contributed by atoms with E-state index >= 15 is 0 Å². The molecule has 0 saturated carbocycles. The molecule has 2 atom stereocenters. The minimum atomic E-state index is -0.783. The number of nitrogens with zero attached hydrogens (tertiary/aromatic N) is 4. The summed E-state index contributed by atoms with van der Waals surface area (Å²) in [5, 5.41) is 14.5. The molecule has 33 heavy (non-hydrogen) atoms. The summed E-state index contributed by atoms with van der Waals surface area (Å²) in [6.07, 6.45) is 0. The molecule has 1 aliphatic heterocycles. The number of carbonyl (C=O) groups excluding carboxylic acids is 2. The summed E-state index contributed by atoms with van der Waals surface area (Å²) >= 11 is 0. The Hall–Kier alpha value is -4.05. The lowest BCUT2D eigenvalue weighted by atomic mass is 10.1. The fraction of sp³-hybridized carbons (Fsp3) is 0.261. The first-order valence-electron chi connectivity index (χ1n) is 10.6. The van der Waals surface area contributed by atoms with Crippen LogP contribution in [-0.2, 0) is 9.53 Å². The van der Waals surface area contributed by atoms with Gasteiger partial charge in [-0.15, -0.1) is 0 Å². The predicted octanol–water partition coefficient (Wildman–Crippen LogP) is 2.33. The largest absolute Gasteiger partial charge is 0.377 e. The highest BCUT2D eigenvalue weighted by atomic mass is 16.5. The standard InChI is InChI=1S/C23H22N6O4/c1-14(24-21(30)19-16-9-5-6-10-17(16)26-27-19)23(31)29-11-12-32-13-18(29)20-25-22(33-28-20)15-7-3-2-4-8-15/h2-10,14,18H,11-13H2,1H3,(H,24,30)(H,26,27). The van der Waals surface area contributed by atoms with Crippen LogP contribution >= 0.6 is 0 Å². The summed E-state index contributed by atoms with van der Waals surface area (Å²) in [6.45, 7) is 2.62. The van der Waals surface area contributed by atoms with Gasteiger partial charge in [-0.3, -0.25) is 14.7 Å². The number of hydrogen-bond acceptors (Lipinski definition) is 7. The fourth-order valence-electron chi connectivity index (χ4n) is 3.86. The van der Waals surface area contributed by atoms with Crippen molar-refractivity contribution in [1.82, 2.24) is 30.6 Å². The van der Waals surface area contributed by atoms with Gasteiger partial charge in [-0.05, 0) is 25.1 Å². The summed E-state index contributed by atoms with van der Waals surface area (Å²) in [5.74, 6) is 0.0423. The van der Waals surface area contributed by atoms with Gasteiger partial charge < -0.3 is 19.5 Å². The maximum atomic E-state index is 13.3. The number of carbonyl (C=O) groups is 2. The number of aromatic amines is 1. The van der Waals surface area contributed by atoms with Crippen molar-refractivity contribution in [2.45, 2.75) is 19.0 Å². The van der Waals surface area contributed by atoms with Gasteiger partial charge in [0.25, 0.3) is 11.8 Å². The molecule has 1 fully saturated rings. The molecule has 168 valence electrons. The molecule has 2 aromatic carbocycles. The molecule has 2 aromatic heterocycles. The van der Waals surface area contributed by atoms with E-state index in [1.54, 1.807) is 17.9 Å². The van der Waals surface area contributed by atoms with Gasteiger partial charge in [0.15, 0.2) is 11.5 Å². The molecule has 2 amide bonds. The molecule has 10 nitrogen and oxygen atoms in total. The number of para-hydroxylation sites is 1. The number of benzene rings is 2. The van der Waals surface area contributed by atoms with Crippen LogP contribution in [-0.4, -0.2) is 62.9 Å². The Kier molecular flexibility index (Phi) is 5.57. The average molecular weight is 446 g/mol. The lowest BCUT2D eigenvalue weighted by molar-refractivity contribution is -0.142. The van der Waals surface area contributed by atoms with Gasteiger partial charge in [-0.1, -0.05) is 41.6 Å². The molecule has 1 aliphatic rings. The monoisotopic (exact) mass is 446 g/mol. The molecular weight excluding hydrogens is 424 g/mol. The van der Waals surface area contributed by atoms with E-state index in [9.17, 15) is 9.59 Å². The zero-order valence-electron chi connectivity index (χ0n) is 17.9. The average Bonchev–Trinajstić information content (AvgIpc) is 3.52. The minimum absolute atomic E-state index is 0.240. The van der Waals surface area contributed by atoms with E-state index in [1.165, 1.54) is 0 Å². The first kappa shape index (κ1) is 20.8. The number of morpholine rings is 1. The van der Waals surface area contributed by atoms with Crippen LogP contribution in [0.3, 0.4) is 0 Å². The van der Waals surface area contributed by atoms with Crippen molar-refractivity contribution in [1.29, 1.82) is 0 Å². The quantitative estimate of drug-likeness (QED) is 0.482. The van der Waals surface area contributed by atoms with Crippen LogP contribution in [0.1, 0.15) is 29.3 Å². The fourth-order valence-corrected chi connectivity index (χ4v) is 3.86. The number of nitrogens with one attached hydrogen (secondary N) is 2. The molecule has 5 rings (SSSR count). The summed E-state index contributed by atoms with van der Waals surface area (Å²) in [5.41, 5.74) is 1.79. The van der Waals surface area contributed by atoms with Gasteiger partial charge in [-0.2, -0.15) is 10.1 Å². The van der Waals surface area contributed by atoms with Crippen LogP contribution < -0.4 is 5.32 Å². The van der Waals surface area contributed by atoms with Crippen LogP contribution in [0.4, 0.5) is 0 Å². The second kappa shape index (κ2) is 8.83. The summed E-state index contributed by atoms with van der Waals surface area (Å²) in [6, 6.07) is 15.4. The first-order chi connectivity index (χ1) is 16.1. The van der Waals surface area contributed by atoms with E-state index in [0.717, 1.165) is 11.1 Å². The third-order valence-corrected chi connectivity index (χ3v) is 5.58. The number of hydrogen-bond donors (Lipinski definition) is 2. The molecule has 2 N–H and O–H groups in total. The van der Waals surface area contributed by atoms with Crippen LogP contribution in [0, 0.1) is 0 Å². The molecule has 0 spiro atoms. The van der Waals surface area contributed by atoms with Gasteiger partial charge in [-0.25, -0.2) is 0 Å². The van der Waals surface area contributed by atoms with Crippen molar-refractivity contribution in [3.8, 4) is 11.5 Å². The number of amides is 2. The van der Waals surface area contributed by atoms with E-state index in [0.29, 0.717) is 30.3 Å². The highest BCUT2D eigenvalue weighted by Crippen LogP contribution is 2.26. The molecule has 10 heteroatoms. The SMILES string of the molecule is CC(NC(=O)c1n[nH]c2ccccc12)C(=O)N1CCOCC1c1noc(-c2ccccc2)n1. The van der Waals surface area contributed by atoms with Crippen LogP contribution in [0.15, 0.2) is 59.1 Å². The first-order valence-corrected chi connectivity index (χ1v) is 10.6. The van der Waals surface area contributed by atoms with Crippen molar-refractivity contribution in [2.75, 3.05) is 19.8 Å². The lowest BCUT2D eigenvalue weighted by Crippen LogP contribution is -2.52. The number of ether oxygens (including phenoxy) is 1. The van der Waals surface area contributed by atoms with Gasteiger partial charge in [0, 0.05) is 17.5 Å². The number of aromatic nitrogens is 4. The van der Waals surface area contributed by atoms with Crippen LogP contribution in [0.2, 0.25) is 0 Å². The molecule has 0 bridgehead atoms. The van der Waals surface area contributed by atoms with Crippen molar-refractivity contribution >= 4 is 22.7 Å². The molecule has 1 saturated heterocycles. The smallest absolute Gasteiger partial charge is 0.273 e. The minimum Gasteiger partial charge on any atom is -0.377 e. The van der Waals surface area contributed by atoms with Gasteiger partial charge in [0.2, 0.25) is 5.91 Å². The van der Waals surface area contributed by atoms with Gasteiger partial charge in [0.05, 0.1) is 18.7 Å². The highest BCUT2D eigenvalue weighted by Gasteiger charge is 2.35. The Morgan fingerprint density at radius 2 is 1.94 bits per heavy atom. The molecule has 0 radical (unpaired) electrons. The van der Waals surface area contributed by atoms with E-state index in [2.05, 4.69) is 25.7 Å². The molecule has 4 aromatic rings. The third-order valence-electron chi connectivity index (χ3n) is 5.58. The van der Waals surface area contributed by atoms with Crippen molar-refractivity contribution in [2.24, 2.45) is 0 Å². The Bertz CT molecular complexity index is 1280. The number of rotatable bonds is 5. The van der Waals surface area contributed by atoms with Crippen molar-refractivity contribution < 1.29 is 18.8 Å². The number of H-pyrrole nitrogens is 1. The second-order valence-corrected chi connectivity index (χ2v) is 7.76. The third kappa shape index (κ3) is 4.08. The van der Waals surface area contributed by atoms with Crippen molar-refractivity contribution in [3.05, 3.63) is 66.1 Å². The lowest BCUT2D eigenvalue weighted by Gasteiger charge is -2.35. The van der Waals surface area contributed by atoms with Crippen LogP contribution in [0.25, 0.3) is 22.4 Å². The maximum absolute atomic E-state index is 13.3. The Balaban J connectivity index is 1.32. The number of fused-ring (bicyclic) bond motifs is 1. The molecule has 2 unspecified atom stereocenters. The van der Waals surface area contributed by atoms with E-state index in [4.69, 9.17) is 9.26 Å². The van der Waals surface area contributed by atoms with Gasteiger partial charge in [0.1, 0.15) is 12.1 Å². The summed E-state index contributed by atoms with van der Waals surface area (Å²) < 4.78 is 11.0. The molecule has 3 heterocycles. The van der Waals surface area contributed by atoms with Gasteiger partial charge >= 0.3 is 0 Å². The topological polar surface area (TPSA) is 126 Å². The summed E-state index contributed by atoms with van der Waals surface area (Å²) in [7, 11) is 0. The Morgan fingerprint density at radius 3 is 2.79 bits per heavy atom. The zero-order valence-corrected chi connectivity index (χ0v) is 17.9. The zero-order chi connectivity index (χ0) is 22.8. The van der Waals surface area contributed by atoms with Crippen LogP contribution in [0.5, 0.6) is 0 Å². The van der Waals surface area contributed by atoms with E-state index in [1.807, 2.05) is 48.5 Å². The van der Waals surface area contributed by atoms with E-state index in [-0.39, 0.29) is 18.2 Å².